The molecule has 1 aromatic heterocycles. The smallest absolute Gasteiger partial charge is 0.254 e. The highest BCUT2D eigenvalue weighted by atomic mass is 19.1. The normalized spacial score (nSPS) is 12.1. The molecule has 1 heterocycles. The zero-order chi connectivity index (χ0) is 19.5. The lowest BCUT2D eigenvalue weighted by atomic mass is 9.91. The Kier molecular flexibility index (Phi) is 4.89. The summed E-state index contributed by atoms with van der Waals surface area (Å²) in [5.74, 6) is -2.18. The van der Waals surface area contributed by atoms with E-state index < -0.39 is 17.5 Å². The van der Waals surface area contributed by atoms with Crippen LogP contribution in [0.5, 0.6) is 0 Å². The van der Waals surface area contributed by atoms with E-state index in [2.05, 4.69) is 10.3 Å². The Morgan fingerprint density at radius 1 is 0.964 bits per heavy atom. The monoisotopic (exact) mass is 376 g/mol. The summed E-state index contributed by atoms with van der Waals surface area (Å²) in [7, 11) is 0. The van der Waals surface area contributed by atoms with Crippen molar-refractivity contribution < 1.29 is 13.6 Å². The van der Waals surface area contributed by atoms with Gasteiger partial charge in [0.15, 0.2) is 0 Å². The van der Waals surface area contributed by atoms with Crippen molar-refractivity contribution in [3.05, 3.63) is 107 Å². The third-order valence-electron chi connectivity index (χ3n) is 4.84. The van der Waals surface area contributed by atoms with E-state index in [1.54, 1.807) is 0 Å². The van der Waals surface area contributed by atoms with E-state index in [1.165, 1.54) is 0 Å². The molecule has 0 saturated heterocycles. The van der Waals surface area contributed by atoms with E-state index in [-0.39, 0.29) is 18.0 Å². The zero-order valence-corrected chi connectivity index (χ0v) is 15.0. The van der Waals surface area contributed by atoms with Gasteiger partial charge < -0.3 is 10.3 Å². The molecule has 1 atom stereocenters. The molecular weight excluding hydrogens is 358 g/mol. The van der Waals surface area contributed by atoms with Gasteiger partial charge in [-0.05, 0) is 35.4 Å². The molecule has 2 N–H and O–H groups in total. The number of aromatic amines is 1. The van der Waals surface area contributed by atoms with Gasteiger partial charge in [0.1, 0.15) is 11.6 Å². The van der Waals surface area contributed by atoms with Gasteiger partial charge >= 0.3 is 0 Å². The van der Waals surface area contributed by atoms with E-state index in [9.17, 15) is 13.6 Å². The minimum Gasteiger partial charge on any atom is -0.361 e. The molecule has 0 aliphatic rings. The predicted octanol–water partition coefficient (Wildman–Crippen LogP) is 5.01. The third kappa shape index (κ3) is 3.51. The summed E-state index contributed by atoms with van der Waals surface area (Å²) in [4.78, 5) is 15.7. The van der Waals surface area contributed by atoms with E-state index in [1.807, 2.05) is 60.8 Å². The second kappa shape index (κ2) is 7.64. The lowest BCUT2D eigenvalue weighted by molar-refractivity contribution is 0.0948. The third-order valence-corrected chi connectivity index (χ3v) is 4.84. The highest BCUT2D eigenvalue weighted by Gasteiger charge is 2.20. The molecule has 5 heteroatoms. The number of H-pyrrole nitrogens is 1. The Balaban J connectivity index is 1.65. The SMILES string of the molecule is O=C(NCC(c1ccccc1)c1c[nH]c2ccccc12)c1cc(F)ccc1F. The van der Waals surface area contributed by atoms with Gasteiger partial charge in [0.25, 0.3) is 5.91 Å². The first-order chi connectivity index (χ1) is 13.6. The molecule has 0 bridgehead atoms. The number of fused-ring (bicyclic) bond motifs is 1. The van der Waals surface area contributed by atoms with Crippen LogP contribution < -0.4 is 5.32 Å². The molecule has 4 rings (SSSR count). The molecule has 0 radical (unpaired) electrons. The fourth-order valence-electron chi connectivity index (χ4n) is 3.44. The molecule has 3 aromatic carbocycles. The number of nitrogens with one attached hydrogen (secondary N) is 2. The second-order valence-electron chi connectivity index (χ2n) is 6.59. The quantitative estimate of drug-likeness (QED) is 0.505. The number of hydrogen-bond acceptors (Lipinski definition) is 1. The fraction of sp³-hybridized carbons (Fsp3) is 0.0870. The molecular formula is C23H18F2N2O. The van der Waals surface area contributed by atoms with Crippen molar-refractivity contribution in [2.75, 3.05) is 6.54 Å². The van der Waals surface area contributed by atoms with Crippen molar-refractivity contribution in [2.45, 2.75) is 5.92 Å². The minimum absolute atomic E-state index is 0.141. The van der Waals surface area contributed by atoms with Gasteiger partial charge in [0.2, 0.25) is 0 Å². The Bertz CT molecular complexity index is 1120. The van der Waals surface area contributed by atoms with Gasteiger partial charge in [0, 0.05) is 29.6 Å². The van der Waals surface area contributed by atoms with Crippen LogP contribution >= 0.6 is 0 Å². The molecule has 0 aliphatic carbocycles. The molecule has 28 heavy (non-hydrogen) atoms. The van der Waals surface area contributed by atoms with Crippen LogP contribution in [0.1, 0.15) is 27.4 Å². The number of carbonyl (C=O) groups is 1. The number of amides is 1. The molecule has 1 unspecified atom stereocenters. The Morgan fingerprint density at radius 3 is 2.54 bits per heavy atom. The summed E-state index contributed by atoms with van der Waals surface area (Å²) < 4.78 is 27.3. The van der Waals surface area contributed by atoms with Gasteiger partial charge in [-0.15, -0.1) is 0 Å². The summed E-state index contributed by atoms with van der Waals surface area (Å²) in [6.07, 6.45) is 1.93. The average Bonchev–Trinajstić information content (AvgIpc) is 3.15. The predicted molar refractivity (Wildman–Crippen MR) is 105 cm³/mol. The summed E-state index contributed by atoms with van der Waals surface area (Å²) in [5, 5.41) is 3.82. The first-order valence-electron chi connectivity index (χ1n) is 8.97. The maximum absolute atomic E-state index is 13.9. The molecule has 0 spiro atoms. The zero-order valence-electron chi connectivity index (χ0n) is 15.0. The summed E-state index contributed by atoms with van der Waals surface area (Å²) in [6.45, 7) is 0.251. The lowest BCUT2D eigenvalue weighted by Gasteiger charge is -2.18. The maximum Gasteiger partial charge on any atom is 0.254 e. The van der Waals surface area contributed by atoms with Crippen LogP contribution in [0.15, 0.2) is 79.0 Å². The topological polar surface area (TPSA) is 44.9 Å². The first kappa shape index (κ1) is 17.9. The van der Waals surface area contributed by atoms with Crippen molar-refractivity contribution in [1.82, 2.24) is 10.3 Å². The van der Waals surface area contributed by atoms with Crippen LogP contribution in [-0.4, -0.2) is 17.4 Å². The average molecular weight is 376 g/mol. The Hall–Kier alpha value is -3.47. The molecule has 0 fully saturated rings. The second-order valence-corrected chi connectivity index (χ2v) is 6.59. The number of para-hydroxylation sites is 1. The number of benzene rings is 3. The molecule has 3 nitrogen and oxygen atoms in total. The van der Waals surface area contributed by atoms with Crippen molar-refractivity contribution in [2.24, 2.45) is 0 Å². The van der Waals surface area contributed by atoms with Gasteiger partial charge in [-0.2, -0.15) is 0 Å². The van der Waals surface area contributed by atoms with E-state index in [0.717, 1.165) is 40.2 Å². The molecule has 0 aliphatic heterocycles. The Morgan fingerprint density at radius 2 is 1.71 bits per heavy atom. The number of rotatable bonds is 5. The summed E-state index contributed by atoms with van der Waals surface area (Å²) >= 11 is 0. The van der Waals surface area contributed by atoms with Gasteiger partial charge in [-0.1, -0.05) is 48.5 Å². The van der Waals surface area contributed by atoms with Gasteiger partial charge in [-0.3, -0.25) is 4.79 Å². The first-order valence-corrected chi connectivity index (χ1v) is 8.97. The van der Waals surface area contributed by atoms with Crippen molar-refractivity contribution in [3.63, 3.8) is 0 Å². The van der Waals surface area contributed by atoms with E-state index >= 15 is 0 Å². The van der Waals surface area contributed by atoms with Crippen molar-refractivity contribution in [1.29, 1.82) is 0 Å². The number of halogens is 2. The maximum atomic E-state index is 13.9. The van der Waals surface area contributed by atoms with Crippen LogP contribution in [0.3, 0.4) is 0 Å². The molecule has 4 aromatic rings. The van der Waals surface area contributed by atoms with E-state index in [4.69, 9.17) is 0 Å². The van der Waals surface area contributed by atoms with Crippen molar-refractivity contribution in [3.8, 4) is 0 Å². The largest absolute Gasteiger partial charge is 0.361 e. The number of carbonyl (C=O) groups excluding carboxylic acids is 1. The van der Waals surface area contributed by atoms with Crippen molar-refractivity contribution >= 4 is 16.8 Å². The highest BCUT2D eigenvalue weighted by molar-refractivity contribution is 5.94. The van der Waals surface area contributed by atoms with Gasteiger partial charge in [0.05, 0.1) is 5.56 Å². The van der Waals surface area contributed by atoms with Crippen LogP contribution in [0.2, 0.25) is 0 Å². The lowest BCUT2D eigenvalue weighted by Crippen LogP contribution is -2.29. The highest BCUT2D eigenvalue weighted by Crippen LogP contribution is 2.30. The van der Waals surface area contributed by atoms with Crippen LogP contribution in [0.25, 0.3) is 10.9 Å². The van der Waals surface area contributed by atoms with E-state index in [0.29, 0.717) is 0 Å². The summed E-state index contributed by atoms with van der Waals surface area (Å²) in [5.41, 5.74) is 2.75. The molecule has 0 saturated carbocycles. The minimum atomic E-state index is -0.748. The van der Waals surface area contributed by atoms with Gasteiger partial charge in [-0.25, -0.2) is 8.78 Å². The standard InChI is InChI=1S/C23H18F2N2O/c24-16-10-11-21(25)18(12-16)23(28)27-13-19(15-6-2-1-3-7-15)20-14-26-22-9-5-4-8-17(20)22/h1-12,14,19,26H,13H2,(H,27,28). The number of hydrogen-bond donors (Lipinski definition) is 2. The molecule has 1 amide bonds. The van der Waals surface area contributed by atoms with Crippen LogP contribution in [0.4, 0.5) is 8.78 Å². The Labute approximate surface area is 161 Å². The number of aromatic nitrogens is 1. The molecule has 140 valence electrons. The fourth-order valence-corrected chi connectivity index (χ4v) is 3.44. The van der Waals surface area contributed by atoms with Crippen LogP contribution in [0, 0.1) is 11.6 Å². The van der Waals surface area contributed by atoms with Crippen LogP contribution in [-0.2, 0) is 0 Å². The summed E-state index contributed by atoms with van der Waals surface area (Å²) in [6, 6.07) is 20.6.